The lowest BCUT2D eigenvalue weighted by Crippen LogP contribution is -2.66. The topological polar surface area (TPSA) is 80.3 Å². The first-order valence-corrected chi connectivity index (χ1v) is 15.2. The Morgan fingerprint density at radius 1 is 0.949 bits per heavy atom. The summed E-state index contributed by atoms with van der Waals surface area (Å²) in [6, 6.07) is 10.7. The smallest absolute Gasteiger partial charge is 0.235 e. The molecule has 39 heavy (non-hydrogen) atoms. The van der Waals surface area contributed by atoms with Crippen molar-refractivity contribution in [3.8, 4) is 0 Å². The molecule has 0 bridgehead atoms. The van der Waals surface area contributed by atoms with E-state index in [0.717, 1.165) is 44.9 Å². The normalized spacial score (nSPS) is 43.1. The summed E-state index contributed by atoms with van der Waals surface area (Å²) in [5.41, 5.74) is 1.19. The van der Waals surface area contributed by atoms with E-state index in [1.165, 1.54) is 5.56 Å². The summed E-state index contributed by atoms with van der Waals surface area (Å²) < 4.78 is 20.1. The fraction of sp³-hybridized carbons (Fsp3) is 0.742. The summed E-state index contributed by atoms with van der Waals surface area (Å²) in [6.45, 7) is 1.71. The molecule has 1 aromatic carbocycles. The van der Waals surface area contributed by atoms with Gasteiger partial charge in [0.15, 0.2) is 0 Å². The second kappa shape index (κ2) is 10.5. The standard InChI is InChI=1S/C31H43N3O5/c1-33(2)14-15-34-30(35)25-24-20-16-19(37-17-18-8-4-3-5-9-18)12-13-21(20)32-27(24)29-28(26(25)31(34)36)38-22-10-6-7-11-23(22)39-29/h3-5,8-9,19-29,32H,6-7,10-17H2,1-2H3. The van der Waals surface area contributed by atoms with E-state index < -0.39 is 5.92 Å². The minimum absolute atomic E-state index is 0.00412. The Labute approximate surface area is 231 Å². The van der Waals surface area contributed by atoms with E-state index in [0.29, 0.717) is 25.7 Å². The lowest BCUT2D eigenvalue weighted by atomic mass is 9.62. The summed E-state index contributed by atoms with van der Waals surface area (Å²) >= 11 is 0. The number of amides is 2. The van der Waals surface area contributed by atoms with Gasteiger partial charge in [-0.25, -0.2) is 0 Å². The number of likely N-dealkylation sites (N-methyl/N-ethyl adjacent to an activating group) is 1. The van der Waals surface area contributed by atoms with Crippen LogP contribution in [-0.2, 0) is 30.4 Å². The number of hydrogen-bond donors (Lipinski definition) is 1. The summed E-state index contributed by atoms with van der Waals surface area (Å²) in [5.74, 6) is -0.478. The van der Waals surface area contributed by atoms with Gasteiger partial charge in [0.05, 0.1) is 42.9 Å². The van der Waals surface area contributed by atoms with E-state index in [-0.39, 0.29) is 66.1 Å². The van der Waals surface area contributed by atoms with Crippen molar-refractivity contribution in [2.24, 2.45) is 23.7 Å². The van der Waals surface area contributed by atoms with Crippen molar-refractivity contribution < 1.29 is 23.8 Å². The van der Waals surface area contributed by atoms with Crippen LogP contribution < -0.4 is 5.32 Å². The summed E-state index contributed by atoms with van der Waals surface area (Å²) in [6.07, 6.45) is 6.99. The van der Waals surface area contributed by atoms with Crippen LogP contribution in [0.1, 0.15) is 50.5 Å². The van der Waals surface area contributed by atoms with Crippen LogP contribution >= 0.6 is 0 Å². The minimum atomic E-state index is -0.444. The first kappa shape index (κ1) is 26.1. The van der Waals surface area contributed by atoms with Crippen molar-refractivity contribution in [3.05, 3.63) is 35.9 Å². The maximum absolute atomic E-state index is 14.1. The fourth-order valence-electron chi connectivity index (χ4n) is 8.72. The molecule has 2 amide bonds. The third kappa shape index (κ3) is 4.56. The number of fused-ring (bicyclic) bond motifs is 9. The Morgan fingerprint density at radius 2 is 1.67 bits per heavy atom. The van der Waals surface area contributed by atoms with Crippen molar-refractivity contribution in [2.75, 3.05) is 27.2 Å². The molecule has 6 fully saturated rings. The molecule has 7 rings (SSSR count). The molecule has 1 aromatic rings. The first-order valence-electron chi connectivity index (χ1n) is 15.2. The van der Waals surface area contributed by atoms with Crippen LogP contribution in [0.4, 0.5) is 0 Å². The van der Waals surface area contributed by atoms with Gasteiger partial charge in [-0.2, -0.15) is 0 Å². The number of ether oxygens (including phenoxy) is 3. The molecule has 3 saturated carbocycles. The van der Waals surface area contributed by atoms with Gasteiger partial charge in [0.1, 0.15) is 6.10 Å². The van der Waals surface area contributed by atoms with Crippen molar-refractivity contribution in [2.45, 2.75) is 94.2 Å². The molecule has 0 radical (unpaired) electrons. The highest BCUT2D eigenvalue weighted by molar-refractivity contribution is 6.06. The zero-order chi connectivity index (χ0) is 26.7. The monoisotopic (exact) mass is 537 g/mol. The SMILES string of the molecule is CN(C)CCN1C(=O)C2C3OC4CCCCC4OC3C3NC4CCC(OCc5ccccc5)CC4C3C2C1=O. The number of nitrogens with one attached hydrogen (secondary N) is 1. The second-order valence-electron chi connectivity index (χ2n) is 13.0. The molecule has 0 spiro atoms. The van der Waals surface area contributed by atoms with Crippen LogP contribution in [0.2, 0.25) is 0 Å². The molecule has 3 aliphatic heterocycles. The number of carbonyl (C=O) groups excluding carboxylic acids is 2. The number of hydrogen-bond acceptors (Lipinski definition) is 7. The number of likely N-dealkylation sites (tertiary alicyclic amines) is 1. The number of imide groups is 1. The molecule has 3 aliphatic carbocycles. The molecular formula is C31H43N3O5. The largest absolute Gasteiger partial charge is 0.374 e. The molecule has 11 unspecified atom stereocenters. The highest BCUT2D eigenvalue weighted by Gasteiger charge is 2.68. The van der Waals surface area contributed by atoms with Gasteiger partial charge in [-0.1, -0.05) is 43.2 Å². The minimum Gasteiger partial charge on any atom is -0.374 e. The van der Waals surface area contributed by atoms with Crippen LogP contribution in [0.3, 0.4) is 0 Å². The predicted octanol–water partition coefficient (Wildman–Crippen LogP) is 2.60. The van der Waals surface area contributed by atoms with Gasteiger partial charge in [-0.05, 0) is 63.6 Å². The van der Waals surface area contributed by atoms with Crippen molar-refractivity contribution >= 4 is 11.8 Å². The van der Waals surface area contributed by atoms with Crippen molar-refractivity contribution in [1.29, 1.82) is 0 Å². The average Bonchev–Trinajstić information content (AvgIpc) is 3.44. The molecule has 6 aliphatic rings. The summed E-state index contributed by atoms with van der Waals surface area (Å²) in [5, 5.41) is 3.95. The molecule has 212 valence electrons. The van der Waals surface area contributed by atoms with Gasteiger partial charge in [-0.3, -0.25) is 14.5 Å². The van der Waals surface area contributed by atoms with Crippen molar-refractivity contribution in [1.82, 2.24) is 15.1 Å². The van der Waals surface area contributed by atoms with Gasteiger partial charge in [-0.15, -0.1) is 0 Å². The van der Waals surface area contributed by atoms with Gasteiger partial charge < -0.3 is 24.4 Å². The number of rotatable bonds is 6. The van der Waals surface area contributed by atoms with Gasteiger partial charge in [0, 0.05) is 25.2 Å². The highest BCUT2D eigenvalue weighted by atomic mass is 16.6. The van der Waals surface area contributed by atoms with Gasteiger partial charge >= 0.3 is 0 Å². The average molecular weight is 538 g/mol. The number of benzene rings is 1. The summed E-state index contributed by atoms with van der Waals surface area (Å²) in [4.78, 5) is 31.6. The predicted molar refractivity (Wildman–Crippen MR) is 145 cm³/mol. The number of nitrogens with zero attached hydrogens (tertiary/aromatic N) is 2. The van der Waals surface area contributed by atoms with Crippen LogP contribution in [-0.4, -0.2) is 91.4 Å². The zero-order valence-electron chi connectivity index (χ0n) is 23.2. The van der Waals surface area contributed by atoms with E-state index in [1.54, 1.807) is 4.90 Å². The molecule has 3 heterocycles. The molecule has 8 heteroatoms. The van der Waals surface area contributed by atoms with Crippen LogP contribution in [0.15, 0.2) is 30.3 Å². The zero-order valence-corrected chi connectivity index (χ0v) is 23.2. The third-order valence-corrected chi connectivity index (χ3v) is 10.5. The second-order valence-corrected chi connectivity index (χ2v) is 13.0. The molecular weight excluding hydrogens is 494 g/mol. The quantitative estimate of drug-likeness (QED) is 0.559. The molecule has 1 N–H and O–H groups in total. The third-order valence-electron chi connectivity index (χ3n) is 10.5. The van der Waals surface area contributed by atoms with E-state index in [2.05, 4.69) is 17.4 Å². The van der Waals surface area contributed by atoms with Gasteiger partial charge in [0.2, 0.25) is 11.8 Å². The maximum atomic E-state index is 14.1. The highest BCUT2D eigenvalue weighted by Crippen LogP contribution is 2.55. The van der Waals surface area contributed by atoms with E-state index in [1.807, 2.05) is 37.2 Å². The molecule has 11 atom stereocenters. The Kier molecular flexibility index (Phi) is 7.04. The van der Waals surface area contributed by atoms with E-state index in [9.17, 15) is 9.59 Å². The molecule has 3 saturated heterocycles. The van der Waals surface area contributed by atoms with E-state index in [4.69, 9.17) is 14.2 Å². The molecule has 8 nitrogen and oxygen atoms in total. The first-order chi connectivity index (χ1) is 19.0. The Hall–Kier alpha value is -1.84. The summed E-state index contributed by atoms with van der Waals surface area (Å²) in [7, 11) is 3.96. The maximum Gasteiger partial charge on any atom is 0.235 e. The Balaban J connectivity index is 1.17. The van der Waals surface area contributed by atoms with Crippen LogP contribution in [0.25, 0.3) is 0 Å². The lowest BCUT2D eigenvalue weighted by Gasteiger charge is -2.52. The lowest BCUT2D eigenvalue weighted by molar-refractivity contribution is -0.265. The molecule has 0 aromatic heterocycles. The Bertz CT molecular complexity index is 1070. The van der Waals surface area contributed by atoms with E-state index >= 15 is 0 Å². The van der Waals surface area contributed by atoms with Crippen molar-refractivity contribution in [3.63, 3.8) is 0 Å². The van der Waals surface area contributed by atoms with Crippen LogP contribution in [0, 0.1) is 23.7 Å². The van der Waals surface area contributed by atoms with Crippen LogP contribution in [0.5, 0.6) is 0 Å². The van der Waals surface area contributed by atoms with Gasteiger partial charge in [0.25, 0.3) is 0 Å². The fourth-order valence-corrected chi connectivity index (χ4v) is 8.72. The number of carbonyl (C=O) groups is 2. The Morgan fingerprint density at radius 3 is 2.41 bits per heavy atom.